The summed E-state index contributed by atoms with van der Waals surface area (Å²) in [6.45, 7) is 7.47. The summed E-state index contributed by atoms with van der Waals surface area (Å²) in [7, 11) is 0. The molecule has 0 aliphatic rings. The molecule has 6 N–H and O–H groups in total. The molecule has 0 aliphatic carbocycles. The SMILES string of the molecule is C/C=C/[C@H](CCC(N)=O)NC(=O)[C@H](Cc1ccccc1)NC(=O)[C@H](CC(C)C)NC(=O)c1ncc(C)[nH]1. The highest BCUT2D eigenvalue weighted by atomic mass is 16.2. The molecule has 0 radical (unpaired) electrons. The molecule has 0 bridgehead atoms. The van der Waals surface area contributed by atoms with Gasteiger partial charge < -0.3 is 26.7 Å². The van der Waals surface area contributed by atoms with E-state index in [-0.39, 0.29) is 24.6 Å². The van der Waals surface area contributed by atoms with E-state index < -0.39 is 41.8 Å². The maximum atomic E-state index is 13.4. The number of nitrogens with two attached hydrogens (primary N) is 1. The highest BCUT2D eigenvalue weighted by molar-refractivity contribution is 5.96. The maximum absolute atomic E-state index is 13.4. The van der Waals surface area contributed by atoms with Gasteiger partial charge in [0.2, 0.25) is 17.7 Å². The fourth-order valence-electron chi connectivity index (χ4n) is 3.82. The topological polar surface area (TPSA) is 159 Å². The molecule has 4 amide bonds. The molecule has 10 heteroatoms. The van der Waals surface area contributed by atoms with Gasteiger partial charge in [0.25, 0.3) is 5.91 Å². The Kier molecular flexibility index (Phi) is 11.5. The summed E-state index contributed by atoms with van der Waals surface area (Å²) in [4.78, 5) is 57.5. The molecule has 0 fully saturated rings. The Balaban J connectivity index is 2.22. The van der Waals surface area contributed by atoms with Crippen LogP contribution in [0.4, 0.5) is 0 Å². The van der Waals surface area contributed by atoms with Gasteiger partial charge in [0.15, 0.2) is 5.82 Å². The second-order valence-corrected chi connectivity index (χ2v) is 9.47. The van der Waals surface area contributed by atoms with E-state index in [1.807, 2.05) is 51.1 Å². The average Bonchev–Trinajstić information content (AvgIpc) is 3.28. The van der Waals surface area contributed by atoms with Crippen molar-refractivity contribution in [2.75, 3.05) is 0 Å². The van der Waals surface area contributed by atoms with Crippen molar-refractivity contribution < 1.29 is 19.2 Å². The minimum Gasteiger partial charge on any atom is -0.370 e. The quantitative estimate of drug-likeness (QED) is 0.245. The lowest BCUT2D eigenvalue weighted by Gasteiger charge is -2.25. The largest absolute Gasteiger partial charge is 0.370 e. The van der Waals surface area contributed by atoms with Crippen molar-refractivity contribution in [3.05, 3.63) is 65.8 Å². The molecular weight excluding hydrogens is 472 g/mol. The lowest BCUT2D eigenvalue weighted by atomic mass is 10.0. The molecule has 0 saturated heterocycles. The van der Waals surface area contributed by atoms with Crippen LogP contribution in [0.25, 0.3) is 0 Å². The molecule has 1 aromatic heterocycles. The van der Waals surface area contributed by atoms with Crippen LogP contribution in [0.3, 0.4) is 0 Å². The third-order valence-corrected chi connectivity index (χ3v) is 5.62. The number of nitrogens with zero attached hydrogens (tertiary/aromatic N) is 1. The van der Waals surface area contributed by atoms with E-state index in [1.165, 1.54) is 6.20 Å². The molecule has 0 spiro atoms. The van der Waals surface area contributed by atoms with Gasteiger partial charge in [-0.2, -0.15) is 0 Å². The van der Waals surface area contributed by atoms with Gasteiger partial charge in [0, 0.05) is 30.8 Å². The predicted molar refractivity (Wildman–Crippen MR) is 141 cm³/mol. The lowest BCUT2D eigenvalue weighted by molar-refractivity contribution is -0.130. The van der Waals surface area contributed by atoms with E-state index in [9.17, 15) is 19.2 Å². The molecule has 2 aromatic rings. The number of imidazole rings is 1. The number of aryl methyl sites for hydroxylation is 1. The van der Waals surface area contributed by atoms with E-state index in [0.29, 0.717) is 12.8 Å². The summed E-state index contributed by atoms with van der Waals surface area (Å²) in [5.74, 6) is -1.62. The smallest absolute Gasteiger partial charge is 0.287 e. The van der Waals surface area contributed by atoms with Gasteiger partial charge in [-0.1, -0.05) is 56.3 Å². The summed E-state index contributed by atoms with van der Waals surface area (Å²) >= 11 is 0. The van der Waals surface area contributed by atoms with Gasteiger partial charge >= 0.3 is 0 Å². The molecular formula is C27H38N6O4. The summed E-state index contributed by atoms with van der Waals surface area (Å²) in [6.07, 6.45) is 6.15. The van der Waals surface area contributed by atoms with Crippen molar-refractivity contribution in [3.63, 3.8) is 0 Å². The Bertz CT molecular complexity index is 1080. The van der Waals surface area contributed by atoms with Crippen molar-refractivity contribution >= 4 is 23.6 Å². The van der Waals surface area contributed by atoms with E-state index >= 15 is 0 Å². The van der Waals surface area contributed by atoms with Crippen LogP contribution in [-0.2, 0) is 20.8 Å². The first-order valence-electron chi connectivity index (χ1n) is 12.5. The first-order valence-corrected chi connectivity index (χ1v) is 12.5. The number of hydrogen-bond acceptors (Lipinski definition) is 5. The van der Waals surface area contributed by atoms with Crippen LogP contribution < -0.4 is 21.7 Å². The standard InChI is InChI=1S/C27H38N6O4/c1-5-9-20(12-13-23(28)34)31-25(35)22(15-19-10-7-6-8-11-19)32-26(36)21(14-17(2)3)33-27(37)24-29-16-18(4)30-24/h5-11,16-17,20-22H,12-15H2,1-4H3,(H2,28,34)(H,29,30)(H,31,35)(H,32,36)(H,33,37)/b9-5+/t20-,21+,22+/m1/s1. The lowest BCUT2D eigenvalue weighted by Crippen LogP contribution is -2.55. The Morgan fingerprint density at radius 1 is 1.03 bits per heavy atom. The molecule has 0 unspecified atom stereocenters. The Morgan fingerprint density at radius 3 is 2.27 bits per heavy atom. The van der Waals surface area contributed by atoms with Gasteiger partial charge in [-0.05, 0) is 38.2 Å². The molecule has 10 nitrogen and oxygen atoms in total. The number of aromatic amines is 1. The van der Waals surface area contributed by atoms with Gasteiger partial charge in [0.05, 0.1) is 0 Å². The van der Waals surface area contributed by atoms with Crippen LogP contribution in [0.1, 0.15) is 61.9 Å². The maximum Gasteiger partial charge on any atom is 0.287 e. The summed E-state index contributed by atoms with van der Waals surface area (Å²) in [6, 6.07) is 7.12. The number of aromatic nitrogens is 2. The van der Waals surface area contributed by atoms with Crippen molar-refractivity contribution in [2.24, 2.45) is 11.7 Å². The summed E-state index contributed by atoms with van der Waals surface area (Å²) < 4.78 is 0. The number of hydrogen-bond donors (Lipinski definition) is 5. The number of rotatable bonds is 14. The van der Waals surface area contributed by atoms with Gasteiger partial charge in [-0.3, -0.25) is 19.2 Å². The monoisotopic (exact) mass is 510 g/mol. The Morgan fingerprint density at radius 2 is 1.70 bits per heavy atom. The molecule has 0 aliphatic heterocycles. The zero-order valence-corrected chi connectivity index (χ0v) is 21.9. The van der Waals surface area contributed by atoms with Crippen LogP contribution in [-0.4, -0.2) is 51.7 Å². The molecule has 37 heavy (non-hydrogen) atoms. The Labute approximate surface area is 217 Å². The van der Waals surface area contributed by atoms with Crippen LogP contribution in [0.15, 0.2) is 48.7 Å². The molecule has 2 rings (SSSR count). The van der Waals surface area contributed by atoms with Crippen molar-refractivity contribution in [1.82, 2.24) is 25.9 Å². The van der Waals surface area contributed by atoms with Crippen LogP contribution in [0.2, 0.25) is 0 Å². The zero-order valence-electron chi connectivity index (χ0n) is 21.9. The molecule has 0 saturated carbocycles. The number of nitrogens with one attached hydrogen (secondary N) is 4. The van der Waals surface area contributed by atoms with Crippen LogP contribution in [0, 0.1) is 12.8 Å². The number of benzene rings is 1. The van der Waals surface area contributed by atoms with E-state index in [2.05, 4.69) is 25.9 Å². The fraction of sp³-hybridized carbons (Fsp3) is 0.444. The van der Waals surface area contributed by atoms with Crippen molar-refractivity contribution in [2.45, 2.75) is 71.5 Å². The number of allylic oxidation sites excluding steroid dienone is 1. The average molecular weight is 511 g/mol. The normalized spacial score (nSPS) is 13.6. The third-order valence-electron chi connectivity index (χ3n) is 5.62. The number of primary amides is 1. The minimum atomic E-state index is -0.909. The molecule has 3 atom stereocenters. The number of carbonyl (C=O) groups excluding carboxylic acids is 4. The minimum absolute atomic E-state index is 0.101. The number of amides is 4. The van der Waals surface area contributed by atoms with Crippen LogP contribution in [0.5, 0.6) is 0 Å². The predicted octanol–water partition coefficient (Wildman–Crippen LogP) is 1.92. The summed E-state index contributed by atoms with van der Waals surface area (Å²) in [5.41, 5.74) is 6.86. The highest BCUT2D eigenvalue weighted by Crippen LogP contribution is 2.10. The van der Waals surface area contributed by atoms with E-state index in [1.54, 1.807) is 19.1 Å². The fourth-order valence-corrected chi connectivity index (χ4v) is 3.82. The highest BCUT2D eigenvalue weighted by Gasteiger charge is 2.29. The summed E-state index contributed by atoms with van der Waals surface area (Å²) in [5, 5.41) is 8.47. The van der Waals surface area contributed by atoms with E-state index in [0.717, 1.165) is 11.3 Å². The molecule has 1 aromatic carbocycles. The first-order chi connectivity index (χ1) is 17.6. The zero-order chi connectivity index (χ0) is 27.4. The van der Waals surface area contributed by atoms with Crippen LogP contribution >= 0.6 is 0 Å². The number of H-pyrrole nitrogens is 1. The van der Waals surface area contributed by atoms with Gasteiger partial charge in [-0.15, -0.1) is 0 Å². The number of carbonyl (C=O) groups is 4. The second-order valence-electron chi connectivity index (χ2n) is 9.47. The van der Waals surface area contributed by atoms with E-state index in [4.69, 9.17) is 5.73 Å². The molecule has 200 valence electrons. The first kappa shape index (κ1) is 29.3. The van der Waals surface area contributed by atoms with Gasteiger partial charge in [-0.25, -0.2) is 4.98 Å². The van der Waals surface area contributed by atoms with Gasteiger partial charge in [0.1, 0.15) is 12.1 Å². The second kappa shape index (κ2) is 14.6. The van der Waals surface area contributed by atoms with Crippen molar-refractivity contribution in [1.29, 1.82) is 0 Å². The van der Waals surface area contributed by atoms with Crippen molar-refractivity contribution in [3.8, 4) is 0 Å². The Hall–Kier alpha value is -3.95. The third kappa shape index (κ3) is 10.3. The molecule has 1 heterocycles.